The molecular weight excluding hydrogens is 509 g/mol. The monoisotopic (exact) mass is 534 g/mol. The third kappa shape index (κ3) is 4.70. The molecule has 2 fully saturated rings. The molecule has 1 aliphatic heterocycles. The predicted molar refractivity (Wildman–Crippen MR) is 123 cm³/mol. The summed E-state index contributed by atoms with van der Waals surface area (Å²) in [7, 11) is -8.47. The van der Waals surface area contributed by atoms with Crippen molar-refractivity contribution in [3.8, 4) is 0 Å². The quantitative estimate of drug-likeness (QED) is 0.359. The number of sulfone groups is 1. The Morgan fingerprint density at radius 1 is 1.21 bits per heavy atom. The van der Waals surface area contributed by atoms with Crippen LogP contribution in [0.4, 0.5) is 8.78 Å². The van der Waals surface area contributed by atoms with Crippen LogP contribution in [0.2, 0.25) is 0 Å². The van der Waals surface area contributed by atoms with Gasteiger partial charge in [-0.1, -0.05) is 30.0 Å². The van der Waals surface area contributed by atoms with E-state index in [2.05, 4.69) is 5.43 Å². The number of allylic oxidation sites excluding steroid dienone is 2. The summed E-state index contributed by atoms with van der Waals surface area (Å²) in [6, 6.07) is 5.30. The molecule has 0 bridgehead atoms. The summed E-state index contributed by atoms with van der Waals surface area (Å²) in [6.07, 6.45) is 1.80. The second kappa shape index (κ2) is 9.05. The van der Waals surface area contributed by atoms with E-state index in [0.717, 1.165) is 22.8 Å². The van der Waals surface area contributed by atoms with Gasteiger partial charge in [-0.25, -0.2) is 17.2 Å². The summed E-state index contributed by atoms with van der Waals surface area (Å²) < 4.78 is 62.5. The maximum absolute atomic E-state index is 13.4. The normalized spacial score (nSPS) is 30.1. The number of hydrogen-bond donors (Lipinski definition) is 3. The zero-order valence-corrected chi connectivity index (χ0v) is 20.7. The Bertz CT molecular complexity index is 1170. The Morgan fingerprint density at radius 2 is 1.79 bits per heavy atom. The second-order valence-corrected chi connectivity index (χ2v) is 14.4. The van der Waals surface area contributed by atoms with Crippen LogP contribution in [0.15, 0.2) is 52.4 Å². The first-order valence-corrected chi connectivity index (χ1v) is 14.7. The number of amides is 1. The number of thioether (sulfide) groups is 1. The van der Waals surface area contributed by atoms with Crippen LogP contribution in [0, 0.1) is 5.92 Å². The summed E-state index contributed by atoms with van der Waals surface area (Å²) >= 11 is 0.836. The van der Waals surface area contributed by atoms with E-state index in [1.807, 2.05) is 0 Å². The average molecular weight is 535 g/mol. The first-order chi connectivity index (χ1) is 15.8. The van der Waals surface area contributed by atoms with Crippen LogP contribution in [0.1, 0.15) is 38.2 Å². The molecule has 4 atom stereocenters. The predicted octanol–water partition coefficient (Wildman–Crippen LogP) is 3.49. The largest absolute Gasteiger partial charge is 0.368 e. The molecule has 1 amide bonds. The fourth-order valence-electron chi connectivity index (χ4n) is 4.18. The van der Waals surface area contributed by atoms with Gasteiger partial charge >= 0.3 is 7.60 Å². The number of halogens is 2. The van der Waals surface area contributed by atoms with Crippen molar-refractivity contribution in [2.75, 3.05) is 0 Å². The molecule has 13 heteroatoms. The summed E-state index contributed by atoms with van der Waals surface area (Å²) in [6.45, 7) is 1.62. The van der Waals surface area contributed by atoms with Crippen LogP contribution in [0.3, 0.4) is 0 Å². The third-order valence-electron chi connectivity index (χ3n) is 6.06. The molecule has 0 saturated heterocycles. The Morgan fingerprint density at radius 3 is 2.32 bits per heavy atom. The first-order valence-electron chi connectivity index (χ1n) is 10.7. The fourth-order valence-corrected chi connectivity index (χ4v) is 8.68. The first kappa shape index (κ1) is 25.4. The number of hydrazine groups is 1. The highest BCUT2D eigenvalue weighted by Crippen LogP contribution is 2.68. The molecule has 186 valence electrons. The van der Waals surface area contributed by atoms with Crippen LogP contribution in [-0.4, -0.2) is 46.7 Å². The highest BCUT2D eigenvalue weighted by Gasteiger charge is 2.57. The highest BCUT2D eigenvalue weighted by atomic mass is 32.2. The maximum Gasteiger partial charge on any atom is 0.368 e. The Kier molecular flexibility index (Phi) is 6.76. The number of carbonyl (C=O) groups is 1. The minimum absolute atomic E-state index is 0.0357. The standard InChI is InChI=1S/C21H25F2N2O6PS2/c1-13-12-25(24-20(26)9-2-14-10-18(22)19(23)11-14)21(33-13,32(27,28)29)15-3-5-16(6-4-15)34(30,31)17-7-8-17/h2-6,9,12,14,17-19H,7-8,10-11H2,1H3,(H,24,26)(H2,27,28,29)/b9-2+/t14-,18+,19-,21?. The highest BCUT2D eigenvalue weighted by molar-refractivity contribution is 8.09. The van der Waals surface area contributed by atoms with E-state index in [1.54, 1.807) is 6.92 Å². The molecule has 1 heterocycles. The van der Waals surface area contributed by atoms with E-state index < -0.39 is 51.5 Å². The van der Waals surface area contributed by atoms with E-state index in [9.17, 15) is 36.3 Å². The summed E-state index contributed by atoms with van der Waals surface area (Å²) in [5, 5.41) is 0.580. The third-order valence-corrected chi connectivity index (χ3v) is 11.7. The van der Waals surface area contributed by atoms with E-state index in [0.29, 0.717) is 17.7 Å². The van der Waals surface area contributed by atoms with Crippen molar-refractivity contribution >= 4 is 35.1 Å². The molecule has 0 spiro atoms. The van der Waals surface area contributed by atoms with Crippen molar-refractivity contribution in [2.24, 2.45) is 5.92 Å². The van der Waals surface area contributed by atoms with Gasteiger partial charge in [0, 0.05) is 22.7 Å². The second-order valence-electron chi connectivity index (χ2n) is 8.73. The van der Waals surface area contributed by atoms with Crippen LogP contribution in [0.5, 0.6) is 0 Å². The van der Waals surface area contributed by atoms with Gasteiger partial charge in [-0.05, 0) is 50.7 Å². The Hall–Kier alpha value is -1.72. The average Bonchev–Trinajstić information content (AvgIpc) is 3.49. The Balaban J connectivity index is 1.60. The van der Waals surface area contributed by atoms with E-state index in [4.69, 9.17) is 0 Å². The molecule has 4 rings (SSSR count). The molecule has 1 aromatic carbocycles. The lowest BCUT2D eigenvalue weighted by Crippen LogP contribution is -2.48. The lowest BCUT2D eigenvalue weighted by Gasteiger charge is -2.38. The van der Waals surface area contributed by atoms with Gasteiger partial charge in [0.1, 0.15) is 12.3 Å². The van der Waals surface area contributed by atoms with Gasteiger partial charge in [-0.15, -0.1) is 0 Å². The molecule has 0 radical (unpaired) electrons. The summed E-state index contributed by atoms with van der Waals surface area (Å²) in [5.74, 6) is -1.18. The van der Waals surface area contributed by atoms with Crippen LogP contribution in [0.25, 0.3) is 0 Å². The molecule has 8 nitrogen and oxygen atoms in total. The number of rotatable bonds is 7. The number of benzene rings is 1. The van der Waals surface area contributed by atoms with Crippen LogP contribution in [-0.2, 0) is 23.8 Å². The molecule has 1 aromatic rings. The summed E-state index contributed by atoms with van der Waals surface area (Å²) in [5.41, 5.74) is 2.54. The molecule has 2 aliphatic carbocycles. The van der Waals surface area contributed by atoms with E-state index >= 15 is 0 Å². The van der Waals surface area contributed by atoms with E-state index in [-0.39, 0.29) is 23.3 Å². The molecule has 3 N–H and O–H groups in total. The van der Waals surface area contributed by atoms with Gasteiger partial charge in [0.15, 0.2) is 9.84 Å². The molecule has 0 aromatic heterocycles. The smallest absolute Gasteiger partial charge is 0.322 e. The molecule has 34 heavy (non-hydrogen) atoms. The number of nitrogens with zero attached hydrogens (tertiary/aromatic N) is 1. The van der Waals surface area contributed by atoms with Gasteiger partial charge in [0.25, 0.3) is 5.91 Å². The minimum Gasteiger partial charge on any atom is -0.322 e. The van der Waals surface area contributed by atoms with Crippen molar-refractivity contribution in [1.29, 1.82) is 0 Å². The van der Waals surface area contributed by atoms with Gasteiger partial charge in [0.2, 0.25) is 4.61 Å². The van der Waals surface area contributed by atoms with Gasteiger partial charge < -0.3 is 9.79 Å². The van der Waals surface area contributed by atoms with Gasteiger partial charge in [-0.2, -0.15) is 0 Å². The molecule has 3 aliphatic rings. The van der Waals surface area contributed by atoms with Crippen molar-refractivity contribution in [3.05, 3.63) is 53.1 Å². The maximum atomic E-state index is 13.4. The van der Waals surface area contributed by atoms with Crippen molar-refractivity contribution in [2.45, 2.75) is 59.7 Å². The van der Waals surface area contributed by atoms with Crippen molar-refractivity contribution in [1.82, 2.24) is 10.4 Å². The lowest BCUT2D eigenvalue weighted by molar-refractivity contribution is -0.120. The number of carbonyl (C=O) groups excluding carboxylic acids is 1. The Labute approximate surface area is 200 Å². The van der Waals surface area contributed by atoms with Crippen LogP contribution < -0.4 is 5.43 Å². The molecular formula is C21H25F2N2O6PS2. The SMILES string of the molecule is CC1=CN(NC(=O)/C=C/[C@H]2C[C@@H](F)[C@@H](F)C2)C(c2ccc(S(=O)(=O)C3CC3)cc2)(P(=O)(O)O)S1. The topological polar surface area (TPSA) is 124 Å². The number of hydrogen-bond acceptors (Lipinski definition) is 6. The molecule has 2 saturated carbocycles. The van der Waals surface area contributed by atoms with Gasteiger partial charge in [-0.3, -0.25) is 19.8 Å². The van der Waals surface area contributed by atoms with Gasteiger partial charge in [0.05, 0.1) is 10.1 Å². The lowest BCUT2D eigenvalue weighted by atomic mass is 10.1. The number of nitrogens with one attached hydrogen (secondary N) is 1. The van der Waals surface area contributed by atoms with Crippen molar-refractivity contribution < 1.29 is 36.3 Å². The minimum atomic E-state index is -4.99. The van der Waals surface area contributed by atoms with E-state index in [1.165, 1.54) is 36.5 Å². The summed E-state index contributed by atoms with van der Waals surface area (Å²) in [4.78, 5) is 33.8. The zero-order chi connectivity index (χ0) is 24.9. The van der Waals surface area contributed by atoms with Crippen LogP contribution >= 0.6 is 19.4 Å². The molecule has 1 unspecified atom stereocenters. The zero-order valence-electron chi connectivity index (χ0n) is 18.2. The van der Waals surface area contributed by atoms with Crippen molar-refractivity contribution in [3.63, 3.8) is 0 Å². The fraction of sp³-hybridized carbons (Fsp3) is 0.476. The number of alkyl halides is 2.